The maximum atomic E-state index is 4.10. The predicted octanol–water partition coefficient (Wildman–Crippen LogP) is 5.75. The number of fused-ring (bicyclic) bond motifs is 3. The lowest BCUT2D eigenvalue weighted by Crippen LogP contribution is -2.47. The summed E-state index contributed by atoms with van der Waals surface area (Å²) in [7, 11) is 0. The molecule has 1 unspecified atom stereocenters. The van der Waals surface area contributed by atoms with Gasteiger partial charge in [-0.05, 0) is 66.0 Å². The van der Waals surface area contributed by atoms with Crippen LogP contribution in [0.5, 0.6) is 0 Å². The van der Waals surface area contributed by atoms with Crippen LogP contribution in [0.4, 0.5) is 0 Å². The summed E-state index contributed by atoms with van der Waals surface area (Å²) in [5.41, 5.74) is 6.61. The van der Waals surface area contributed by atoms with Crippen molar-refractivity contribution in [1.82, 2.24) is 0 Å². The van der Waals surface area contributed by atoms with Crippen molar-refractivity contribution in [2.45, 2.75) is 65.2 Å². The van der Waals surface area contributed by atoms with E-state index in [0.717, 1.165) is 5.92 Å². The molecular weight excluding hydrogens is 240 g/mol. The molecule has 1 aromatic rings. The standard InChI is InChI=1S/C20H28/c1-14(2)15-7-9-17-16(13-15)8-10-18-19(3,4)11-6-12-20(17,18)5/h7,9,13,18H,1,6,8,10-12H2,2-5H3/t18?,20-/m1/s1. The molecule has 0 spiro atoms. The summed E-state index contributed by atoms with van der Waals surface area (Å²) in [5, 5.41) is 0. The second kappa shape index (κ2) is 4.48. The van der Waals surface area contributed by atoms with Gasteiger partial charge < -0.3 is 0 Å². The van der Waals surface area contributed by atoms with E-state index in [1.807, 2.05) is 0 Å². The normalized spacial score (nSPS) is 31.3. The first-order valence-electron chi connectivity index (χ1n) is 8.14. The van der Waals surface area contributed by atoms with E-state index in [0.29, 0.717) is 10.8 Å². The molecule has 108 valence electrons. The molecule has 3 rings (SSSR count). The van der Waals surface area contributed by atoms with Crippen LogP contribution in [0.25, 0.3) is 5.57 Å². The van der Waals surface area contributed by atoms with Gasteiger partial charge in [0.05, 0.1) is 0 Å². The lowest BCUT2D eigenvalue weighted by molar-refractivity contribution is 0.0407. The average molecular weight is 268 g/mol. The first kappa shape index (κ1) is 13.9. The minimum atomic E-state index is 0.392. The highest BCUT2D eigenvalue weighted by molar-refractivity contribution is 5.63. The molecule has 2 aliphatic rings. The maximum Gasteiger partial charge on any atom is -0.00391 e. The number of benzene rings is 1. The van der Waals surface area contributed by atoms with E-state index in [-0.39, 0.29) is 0 Å². The Bertz CT molecular complexity index is 549. The Morgan fingerprint density at radius 1 is 1.20 bits per heavy atom. The monoisotopic (exact) mass is 268 g/mol. The zero-order chi connectivity index (χ0) is 14.5. The predicted molar refractivity (Wildman–Crippen MR) is 87.9 cm³/mol. The van der Waals surface area contributed by atoms with Crippen molar-refractivity contribution in [1.29, 1.82) is 0 Å². The van der Waals surface area contributed by atoms with Crippen molar-refractivity contribution in [2.24, 2.45) is 11.3 Å². The Kier molecular flexibility index (Phi) is 3.12. The Balaban J connectivity index is 2.08. The van der Waals surface area contributed by atoms with E-state index in [1.54, 1.807) is 11.1 Å². The molecule has 0 heteroatoms. The molecule has 1 saturated carbocycles. The lowest BCUT2D eigenvalue weighted by Gasteiger charge is -2.54. The van der Waals surface area contributed by atoms with Crippen LogP contribution in [0.1, 0.15) is 70.1 Å². The topological polar surface area (TPSA) is 0 Å². The van der Waals surface area contributed by atoms with Gasteiger partial charge in [-0.25, -0.2) is 0 Å². The third-order valence-corrected chi connectivity index (χ3v) is 6.15. The van der Waals surface area contributed by atoms with E-state index in [9.17, 15) is 0 Å². The minimum absolute atomic E-state index is 0.392. The van der Waals surface area contributed by atoms with E-state index in [1.165, 1.54) is 43.2 Å². The van der Waals surface area contributed by atoms with Gasteiger partial charge in [0.15, 0.2) is 0 Å². The molecule has 0 heterocycles. The van der Waals surface area contributed by atoms with Crippen molar-refractivity contribution < 1.29 is 0 Å². The fourth-order valence-corrected chi connectivity index (χ4v) is 5.08. The zero-order valence-electron chi connectivity index (χ0n) is 13.6. The van der Waals surface area contributed by atoms with Crippen LogP contribution in [0.2, 0.25) is 0 Å². The first-order valence-corrected chi connectivity index (χ1v) is 8.14. The largest absolute Gasteiger partial charge is 0.0955 e. The summed E-state index contributed by atoms with van der Waals surface area (Å²) in [5.74, 6) is 0.840. The molecule has 2 aliphatic carbocycles. The number of allylic oxidation sites excluding steroid dienone is 1. The number of hydrogen-bond donors (Lipinski definition) is 0. The highest BCUT2D eigenvalue weighted by Crippen LogP contribution is 2.57. The Labute approximate surface area is 124 Å². The van der Waals surface area contributed by atoms with Crippen molar-refractivity contribution in [3.63, 3.8) is 0 Å². The van der Waals surface area contributed by atoms with Crippen molar-refractivity contribution in [3.8, 4) is 0 Å². The molecule has 0 saturated heterocycles. The van der Waals surface area contributed by atoms with Gasteiger partial charge in [0.25, 0.3) is 0 Å². The van der Waals surface area contributed by atoms with Gasteiger partial charge in [-0.1, -0.05) is 57.5 Å². The molecule has 2 atom stereocenters. The van der Waals surface area contributed by atoms with Crippen LogP contribution in [0.15, 0.2) is 24.8 Å². The quantitative estimate of drug-likeness (QED) is 0.608. The average Bonchev–Trinajstić information content (AvgIpc) is 2.37. The molecule has 0 nitrogen and oxygen atoms in total. The van der Waals surface area contributed by atoms with Gasteiger partial charge in [-0.2, -0.15) is 0 Å². The summed E-state index contributed by atoms with van der Waals surface area (Å²) in [4.78, 5) is 0. The van der Waals surface area contributed by atoms with Gasteiger partial charge in [-0.15, -0.1) is 0 Å². The molecule has 0 amide bonds. The molecule has 0 aromatic heterocycles. The second-order valence-electron chi connectivity index (χ2n) is 8.00. The Morgan fingerprint density at radius 2 is 1.95 bits per heavy atom. The highest BCUT2D eigenvalue weighted by Gasteiger charge is 2.49. The zero-order valence-corrected chi connectivity index (χ0v) is 13.6. The Morgan fingerprint density at radius 3 is 2.65 bits per heavy atom. The van der Waals surface area contributed by atoms with E-state index in [4.69, 9.17) is 0 Å². The van der Waals surface area contributed by atoms with E-state index < -0.39 is 0 Å². The smallest absolute Gasteiger partial charge is 0.00391 e. The van der Waals surface area contributed by atoms with Crippen molar-refractivity contribution >= 4 is 5.57 Å². The van der Waals surface area contributed by atoms with E-state index in [2.05, 4.69) is 52.5 Å². The van der Waals surface area contributed by atoms with Gasteiger partial charge >= 0.3 is 0 Å². The van der Waals surface area contributed by atoms with Crippen LogP contribution in [0, 0.1) is 11.3 Å². The molecule has 0 aliphatic heterocycles. The van der Waals surface area contributed by atoms with Gasteiger partial charge in [0, 0.05) is 0 Å². The second-order valence-corrected chi connectivity index (χ2v) is 8.00. The molecule has 1 aromatic carbocycles. The molecule has 20 heavy (non-hydrogen) atoms. The summed E-state index contributed by atoms with van der Waals surface area (Å²) in [6.45, 7) is 13.7. The van der Waals surface area contributed by atoms with Crippen LogP contribution >= 0.6 is 0 Å². The van der Waals surface area contributed by atoms with Crippen LogP contribution in [0.3, 0.4) is 0 Å². The lowest BCUT2D eigenvalue weighted by atomic mass is 9.50. The van der Waals surface area contributed by atoms with Crippen molar-refractivity contribution in [2.75, 3.05) is 0 Å². The van der Waals surface area contributed by atoms with Crippen LogP contribution in [-0.2, 0) is 11.8 Å². The molecule has 0 radical (unpaired) electrons. The molecule has 1 fully saturated rings. The third kappa shape index (κ3) is 1.96. The summed E-state index contributed by atoms with van der Waals surface area (Å²) < 4.78 is 0. The summed E-state index contributed by atoms with van der Waals surface area (Å²) in [6.07, 6.45) is 6.74. The highest BCUT2D eigenvalue weighted by atomic mass is 14.5. The number of rotatable bonds is 1. The fraction of sp³-hybridized carbons (Fsp3) is 0.600. The summed E-state index contributed by atoms with van der Waals surface area (Å²) in [6, 6.07) is 7.10. The third-order valence-electron chi connectivity index (χ3n) is 6.15. The van der Waals surface area contributed by atoms with Crippen molar-refractivity contribution in [3.05, 3.63) is 41.5 Å². The molecule has 0 N–H and O–H groups in total. The number of aryl methyl sites for hydroxylation is 1. The molecular formula is C20H28. The van der Waals surface area contributed by atoms with Gasteiger partial charge in [0.1, 0.15) is 0 Å². The van der Waals surface area contributed by atoms with E-state index >= 15 is 0 Å². The fourth-order valence-electron chi connectivity index (χ4n) is 5.08. The van der Waals surface area contributed by atoms with Gasteiger partial charge in [0.2, 0.25) is 0 Å². The van der Waals surface area contributed by atoms with Gasteiger partial charge in [-0.3, -0.25) is 0 Å². The SMILES string of the molecule is C=C(C)c1ccc2c(c1)CCC1C(C)(C)CCC[C@]21C. The first-order chi connectivity index (χ1) is 9.34. The summed E-state index contributed by atoms with van der Waals surface area (Å²) >= 11 is 0. The minimum Gasteiger partial charge on any atom is -0.0955 e. The van der Waals surface area contributed by atoms with Crippen LogP contribution < -0.4 is 0 Å². The van der Waals surface area contributed by atoms with Crippen LogP contribution in [-0.4, -0.2) is 0 Å². The number of hydrogen-bond acceptors (Lipinski definition) is 0. The maximum absolute atomic E-state index is 4.10. The molecule has 0 bridgehead atoms. The Hall–Kier alpha value is -1.04.